The maximum atomic E-state index is 12.3. The van der Waals surface area contributed by atoms with Gasteiger partial charge in [-0.3, -0.25) is 4.79 Å². The van der Waals surface area contributed by atoms with Crippen LogP contribution in [0.1, 0.15) is 18.1 Å². The minimum atomic E-state index is -0.973. The number of benzene rings is 2. The second kappa shape index (κ2) is 8.47. The molecule has 0 saturated carbocycles. The summed E-state index contributed by atoms with van der Waals surface area (Å²) in [4.78, 5) is 24.4. The lowest BCUT2D eigenvalue weighted by molar-refractivity contribution is -0.148. The van der Waals surface area contributed by atoms with Crippen LogP contribution in [0.25, 0.3) is 6.08 Å². The second-order valence-corrected chi connectivity index (χ2v) is 6.22. The largest absolute Gasteiger partial charge is 0.495 e. The van der Waals surface area contributed by atoms with Crippen molar-refractivity contribution in [2.24, 2.45) is 0 Å². The molecule has 3 rings (SSSR count). The standard InChI is InChI=1S/C21H21NO6/c1-13-4-7-17(25-3)16(10-13)22-21(24)14(2)28-20(23)9-6-15-5-8-18-19(11-15)27-12-26-18/h4-11,14H,12H2,1-3H3,(H,22,24)/b9-6+. The molecule has 7 heteroatoms. The molecule has 0 fully saturated rings. The number of rotatable bonds is 6. The molecule has 1 amide bonds. The number of fused-ring (bicyclic) bond motifs is 1. The van der Waals surface area contributed by atoms with Crippen LogP contribution in [0, 0.1) is 6.92 Å². The number of hydrogen-bond donors (Lipinski definition) is 1. The smallest absolute Gasteiger partial charge is 0.331 e. The van der Waals surface area contributed by atoms with Crippen molar-refractivity contribution >= 4 is 23.6 Å². The van der Waals surface area contributed by atoms with Gasteiger partial charge < -0.3 is 24.3 Å². The molecule has 2 aromatic rings. The van der Waals surface area contributed by atoms with Gasteiger partial charge in [-0.1, -0.05) is 12.1 Å². The lowest BCUT2D eigenvalue weighted by Gasteiger charge is -2.15. The quantitative estimate of drug-likeness (QED) is 0.609. The van der Waals surface area contributed by atoms with Gasteiger partial charge in [-0.05, 0) is 55.3 Å². The number of ether oxygens (including phenoxy) is 4. The normalized spacial score (nSPS) is 13.2. The molecular weight excluding hydrogens is 362 g/mol. The molecule has 7 nitrogen and oxygen atoms in total. The number of amides is 1. The van der Waals surface area contributed by atoms with Crippen LogP contribution in [0.4, 0.5) is 5.69 Å². The van der Waals surface area contributed by atoms with Gasteiger partial charge in [0.25, 0.3) is 5.91 Å². The van der Waals surface area contributed by atoms with Gasteiger partial charge in [0, 0.05) is 6.08 Å². The highest BCUT2D eigenvalue weighted by Crippen LogP contribution is 2.32. The van der Waals surface area contributed by atoms with Gasteiger partial charge in [-0.25, -0.2) is 4.79 Å². The fraction of sp³-hybridized carbons (Fsp3) is 0.238. The maximum Gasteiger partial charge on any atom is 0.331 e. The maximum absolute atomic E-state index is 12.3. The first-order chi connectivity index (χ1) is 13.5. The van der Waals surface area contributed by atoms with E-state index in [-0.39, 0.29) is 6.79 Å². The number of carbonyl (C=O) groups is 2. The molecule has 2 aromatic carbocycles. The number of hydrogen-bond acceptors (Lipinski definition) is 6. The van der Waals surface area contributed by atoms with Crippen molar-refractivity contribution in [3.63, 3.8) is 0 Å². The summed E-state index contributed by atoms with van der Waals surface area (Å²) in [6, 6.07) is 10.7. The van der Waals surface area contributed by atoms with E-state index in [9.17, 15) is 9.59 Å². The van der Waals surface area contributed by atoms with Gasteiger partial charge >= 0.3 is 5.97 Å². The number of anilines is 1. The summed E-state index contributed by atoms with van der Waals surface area (Å²) in [6.45, 7) is 3.59. The topological polar surface area (TPSA) is 83.1 Å². The first-order valence-corrected chi connectivity index (χ1v) is 8.70. The van der Waals surface area contributed by atoms with E-state index >= 15 is 0 Å². The van der Waals surface area contributed by atoms with Crippen molar-refractivity contribution in [1.29, 1.82) is 0 Å². The molecule has 1 atom stereocenters. The van der Waals surface area contributed by atoms with Crippen molar-refractivity contribution in [1.82, 2.24) is 0 Å². The van der Waals surface area contributed by atoms with Crippen molar-refractivity contribution in [3.8, 4) is 17.2 Å². The molecule has 0 aromatic heterocycles. The van der Waals surface area contributed by atoms with E-state index in [1.807, 2.05) is 13.0 Å². The number of nitrogens with one attached hydrogen (secondary N) is 1. The Balaban J connectivity index is 1.58. The highest BCUT2D eigenvalue weighted by atomic mass is 16.7. The predicted octanol–water partition coefficient (Wildman–Crippen LogP) is 3.32. The SMILES string of the molecule is COc1ccc(C)cc1NC(=O)C(C)OC(=O)/C=C/c1ccc2c(c1)OCO2. The number of esters is 1. The van der Waals surface area contributed by atoms with Crippen LogP contribution in [-0.4, -0.2) is 31.9 Å². The van der Waals surface area contributed by atoms with Crippen LogP contribution in [-0.2, 0) is 14.3 Å². The second-order valence-electron chi connectivity index (χ2n) is 6.22. The zero-order chi connectivity index (χ0) is 20.1. The predicted molar refractivity (Wildman–Crippen MR) is 104 cm³/mol. The van der Waals surface area contributed by atoms with Crippen LogP contribution in [0.5, 0.6) is 17.2 Å². The minimum Gasteiger partial charge on any atom is -0.495 e. The summed E-state index contributed by atoms with van der Waals surface area (Å²) in [5.41, 5.74) is 2.24. The Labute approximate surface area is 162 Å². The van der Waals surface area contributed by atoms with Crippen molar-refractivity contribution < 1.29 is 28.5 Å². The van der Waals surface area contributed by atoms with Crippen LogP contribution in [0.3, 0.4) is 0 Å². The Morgan fingerprint density at radius 3 is 2.71 bits per heavy atom. The Bertz CT molecular complexity index is 921. The molecule has 0 spiro atoms. The molecule has 28 heavy (non-hydrogen) atoms. The van der Waals surface area contributed by atoms with Crippen LogP contribution >= 0.6 is 0 Å². The van der Waals surface area contributed by atoms with Crippen molar-refractivity contribution in [3.05, 3.63) is 53.6 Å². The van der Waals surface area contributed by atoms with Gasteiger partial charge in [0.05, 0.1) is 12.8 Å². The number of aryl methyl sites for hydroxylation is 1. The zero-order valence-electron chi connectivity index (χ0n) is 15.9. The third-order valence-corrected chi connectivity index (χ3v) is 4.08. The highest BCUT2D eigenvalue weighted by molar-refractivity contribution is 5.97. The molecule has 0 bridgehead atoms. The Hall–Kier alpha value is -3.48. The molecule has 0 radical (unpaired) electrons. The third-order valence-electron chi connectivity index (χ3n) is 4.08. The van der Waals surface area contributed by atoms with Crippen molar-refractivity contribution in [2.75, 3.05) is 19.2 Å². The zero-order valence-corrected chi connectivity index (χ0v) is 15.9. The van der Waals surface area contributed by atoms with Gasteiger partial charge in [0.1, 0.15) is 5.75 Å². The molecule has 0 saturated heterocycles. The van der Waals surface area contributed by atoms with E-state index < -0.39 is 18.0 Å². The summed E-state index contributed by atoms with van der Waals surface area (Å²) in [5, 5.41) is 2.71. The number of methoxy groups -OCH3 is 1. The van der Waals surface area contributed by atoms with Gasteiger partial charge in [-0.2, -0.15) is 0 Å². The summed E-state index contributed by atoms with van der Waals surface area (Å²) >= 11 is 0. The monoisotopic (exact) mass is 383 g/mol. The highest BCUT2D eigenvalue weighted by Gasteiger charge is 2.18. The fourth-order valence-corrected chi connectivity index (χ4v) is 2.60. The van der Waals surface area contributed by atoms with Gasteiger partial charge in [-0.15, -0.1) is 0 Å². The van der Waals surface area contributed by atoms with E-state index in [1.54, 1.807) is 36.4 Å². The average molecular weight is 383 g/mol. The molecule has 0 aliphatic carbocycles. The van der Waals surface area contributed by atoms with Crippen molar-refractivity contribution in [2.45, 2.75) is 20.0 Å². The molecule has 146 valence electrons. The first kappa shape index (κ1) is 19.3. The summed E-state index contributed by atoms with van der Waals surface area (Å²) in [5.74, 6) is 0.734. The van der Waals surface area contributed by atoms with E-state index in [2.05, 4.69) is 5.32 Å². The van der Waals surface area contributed by atoms with Crippen LogP contribution < -0.4 is 19.5 Å². The van der Waals surface area contributed by atoms with E-state index in [0.29, 0.717) is 22.9 Å². The van der Waals surface area contributed by atoms with Gasteiger partial charge in [0.2, 0.25) is 6.79 Å². The molecule has 1 N–H and O–H groups in total. The summed E-state index contributed by atoms with van der Waals surface area (Å²) in [7, 11) is 1.52. The fourth-order valence-electron chi connectivity index (χ4n) is 2.60. The Morgan fingerprint density at radius 1 is 1.14 bits per heavy atom. The first-order valence-electron chi connectivity index (χ1n) is 8.70. The minimum absolute atomic E-state index is 0.183. The average Bonchev–Trinajstić information content (AvgIpc) is 3.14. The third kappa shape index (κ3) is 4.62. The lowest BCUT2D eigenvalue weighted by atomic mass is 10.2. The molecule has 1 aliphatic heterocycles. The van der Waals surface area contributed by atoms with Crippen LogP contribution in [0.2, 0.25) is 0 Å². The van der Waals surface area contributed by atoms with Crippen LogP contribution in [0.15, 0.2) is 42.5 Å². The summed E-state index contributed by atoms with van der Waals surface area (Å²) in [6.07, 6.45) is 1.87. The van der Waals surface area contributed by atoms with E-state index in [4.69, 9.17) is 18.9 Å². The molecule has 1 unspecified atom stereocenters. The summed E-state index contributed by atoms with van der Waals surface area (Å²) < 4.78 is 20.9. The molecular formula is C21H21NO6. The Kier molecular flexibility index (Phi) is 5.84. The van der Waals surface area contributed by atoms with E-state index in [1.165, 1.54) is 20.1 Å². The molecule has 1 aliphatic rings. The molecule has 1 heterocycles. The lowest BCUT2D eigenvalue weighted by Crippen LogP contribution is -2.29. The van der Waals surface area contributed by atoms with E-state index in [0.717, 1.165) is 11.1 Å². The Morgan fingerprint density at radius 2 is 1.93 bits per heavy atom. The number of carbonyl (C=O) groups excluding carboxylic acids is 2. The van der Waals surface area contributed by atoms with Gasteiger partial charge in [0.15, 0.2) is 17.6 Å².